The van der Waals surface area contributed by atoms with Gasteiger partial charge in [0.05, 0.1) is 5.37 Å². The Kier molecular flexibility index (Phi) is 4.19. The van der Waals surface area contributed by atoms with Crippen molar-refractivity contribution in [3.05, 3.63) is 0 Å². The fourth-order valence-electron chi connectivity index (χ4n) is 3.87. The molecule has 118 valence electrons. The predicted molar refractivity (Wildman–Crippen MR) is 82.1 cm³/mol. The SMILES string of the molecule is CCCC1SCC(C(=O)O)N1C(=O)C1CC12CCNCC2. The van der Waals surface area contributed by atoms with Crippen molar-refractivity contribution in [3.8, 4) is 0 Å². The van der Waals surface area contributed by atoms with E-state index in [1.807, 2.05) is 0 Å². The van der Waals surface area contributed by atoms with Crippen molar-refractivity contribution in [2.75, 3.05) is 18.8 Å². The van der Waals surface area contributed by atoms with E-state index in [9.17, 15) is 14.7 Å². The van der Waals surface area contributed by atoms with Crippen molar-refractivity contribution in [1.29, 1.82) is 0 Å². The second-order valence-corrected chi connectivity index (χ2v) is 7.76. The highest BCUT2D eigenvalue weighted by atomic mass is 32.2. The Morgan fingerprint density at radius 3 is 2.71 bits per heavy atom. The molecule has 3 unspecified atom stereocenters. The van der Waals surface area contributed by atoms with Crippen LogP contribution < -0.4 is 5.32 Å². The fourth-order valence-corrected chi connectivity index (χ4v) is 5.39. The second kappa shape index (κ2) is 5.80. The first-order valence-electron chi connectivity index (χ1n) is 7.96. The summed E-state index contributed by atoms with van der Waals surface area (Å²) in [5.74, 6) is -0.144. The molecule has 1 saturated carbocycles. The number of nitrogens with one attached hydrogen (secondary N) is 1. The van der Waals surface area contributed by atoms with Gasteiger partial charge in [0.1, 0.15) is 6.04 Å². The summed E-state index contributed by atoms with van der Waals surface area (Å²) in [4.78, 5) is 26.1. The largest absolute Gasteiger partial charge is 0.480 e. The predicted octanol–water partition coefficient (Wildman–Crippen LogP) is 1.53. The first kappa shape index (κ1) is 15.2. The molecule has 3 fully saturated rings. The van der Waals surface area contributed by atoms with Crippen LogP contribution in [0.5, 0.6) is 0 Å². The van der Waals surface area contributed by atoms with Gasteiger partial charge in [0.2, 0.25) is 5.91 Å². The smallest absolute Gasteiger partial charge is 0.327 e. The molecular weight excluding hydrogens is 288 g/mol. The Morgan fingerprint density at radius 1 is 1.38 bits per heavy atom. The summed E-state index contributed by atoms with van der Waals surface area (Å²) in [7, 11) is 0. The Bertz CT molecular complexity index is 437. The zero-order chi connectivity index (χ0) is 15.0. The molecule has 0 aromatic carbocycles. The number of carbonyl (C=O) groups is 2. The molecule has 3 atom stereocenters. The van der Waals surface area contributed by atoms with Crippen LogP contribution >= 0.6 is 11.8 Å². The summed E-state index contributed by atoms with van der Waals surface area (Å²) in [6.07, 6.45) is 4.94. The number of thioether (sulfide) groups is 1. The van der Waals surface area contributed by atoms with E-state index in [1.165, 1.54) is 0 Å². The first-order chi connectivity index (χ1) is 10.1. The molecule has 2 heterocycles. The topological polar surface area (TPSA) is 69.6 Å². The second-order valence-electron chi connectivity index (χ2n) is 6.55. The van der Waals surface area contributed by atoms with E-state index in [2.05, 4.69) is 12.2 Å². The van der Waals surface area contributed by atoms with Gasteiger partial charge in [0, 0.05) is 11.7 Å². The maximum absolute atomic E-state index is 12.9. The van der Waals surface area contributed by atoms with Crippen molar-refractivity contribution < 1.29 is 14.7 Å². The molecule has 1 aliphatic carbocycles. The van der Waals surface area contributed by atoms with Crippen LogP contribution in [0.25, 0.3) is 0 Å². The van der Waals surface area contributed by atoms with E-state index in [4.69, 9.17) is 0 Å². The Balaban J connectivity index is 1.73. The Hall–Kier alpha value is -0.750. The summed E-state index contributed by atoms with van der Waals surface area (Å²) in [6, 6.07) is -0.626. The average molecular weight is 312 g/mol. The highest BCUT2D eigenvalue weighted by Crippen LogP contribution is 2.59. The average Bonchev–Trinajstić information content (AvgIpc) is 2.97. The summed E-state index contributed by atoms with van der Waals surface area (Å²) in [5, 5.41) is 12.8. The number of carbonyl (C=O) groups excluding carboxylic acids is 1. The van der Waals surface area contributed by atoms with Gasteiger partial charge in [-0.15, -0.1) is 11.8 Å². The number of aliphatic carboxylic acids is 1. The highest BCUT2D eigenvalue weighted by Gasteiger charge is 2.60. The van der Waals surface area contributed by atoms with Crippen LogP contribution in [0.2, 0.25) is 0 Å². The molecule has 5 nitrogen and oxygen atoms in total. The molecule has 2 N–H and O–H groups in total. The van der Waals surface area contributed by atoms with Gasteiger partial charge in [-0.2, -0.15) is 0 Å². The molecule has 6 heteroatoms. The van der Waals surface area contributed by atoms with E-state index < -0.39 is 12.0 Å². The lowest BCUT2D eigenvalue weighted by molar-refractivity contribution is -0.150. The van der Waals surface area contributed by atoms with Crippen molar-refractivity contribution in [1.82, 2.24) is 10.2 Å². The molecule has 0 bridgehead atoms. The number of nitrogens with zero attached hydrogens (tertiary/aromatic N) is 1. The highest BCUT2D eigenvalue weighted by molar-refractivity contribution is 8.00. The number of hydrogen-bond donors (Lipinski definition) is 2. The van der Waals surface area contributed by atoms with Gasteiger partial charge < -0.3 is 15.3 Å². The monoisotopic (exact) mass is 312 g/mol. The van der Waals surface area contributed by atoms with Gasteiger partial charge in [0.15, 0.2) is 0 Å². The van der Waals surface area contributed by atoms with Crippen LogP contribution in [-0.2, 0) is 9.59 Å². The van der Waals surface area contributed by atoms with Crippen LogP contribution in [0.1, 0.15) is 39.0 Å². The number of amides is 1. The normalized spacial score (nSPS) is 34.1. The third kappa shape index (κ3) is 2.68. The van der Waals surface area contributed by atoms with Crippen LogP contribution in [-0.4, -0.2) is 52.1 Å². The summed E-state index contributed by atoms with van der Waals surface area (Å²) in [5.41, 5.74) is 0.176. The third-order valence-electron chi connectivity index (χ3n) is 5.25. The molecular formula is C15H24N2O3S. The van der Waals surface area contributed by atoms with Crippen LogP contribution in [0.3, 0.4) is 0 Å². The molecule has 1 amide bonds. The summed E-state index contributed by atoms with van der Waals surface area (Å²) in [6.45, 7) is 4.06. The van der Waals surface area contributed by atoms with Gasteiger partial charge >= 0.3 is 5.97 Å². The van der Waals surface area contributed by atoms with Crippen LogP contribution in [0.15, 0.2) is 0 Å². The number of carboxylic acid groups (broad SMARTS) is 1. The first-order valence-corrected chi connectivity index (χ1v) is 9.01. The zero-order valence-electron chi connectivity index (χ0n) is 12.5. The molecule has 3 aliphatic rings. The molecule has 1 spiro atoms. The number of carboxylic acids is 1. The number of hydrogen-bond acceptors (Lipinski definition) is 4. The zero-order valence-corrected chi connectivity index (χ0v) is 13.3. The minimum Gasteiger partial charge on any atom is -0.480 e. The lowest BCUT2D eigenvalue weighted by Crippen LogP contribution is -2.47. The van der Waals surface area contributed by atoms with Crippen LogP contribution in [0.4, 0.5) is 0 Å². The fraction of sp³-hybridized carbons (Fsp3) is 0.867. The van der Waals surface area contributed by atoms with E-state index in [1.54, 1.807) is 16.7 Å². The van der Waals surface area contributed by atoms with Gasteiger partial charge in [-0.3, -0.25) is 4.79 Å². The van der Waals surface area contributed by atoms with E-state index in [0.717, 1.165) is 45.2 Å². The van der Waals surface area contributed by atoms with Crippen molar-refractivity contribution in [2.24, 2.45) is 11.3 Å². The van der Waals surface area contributed by atoms with E-state index in [0.29, 0.717) is 5.75 Å². The molecule has 2 saturated heterocycles. The Morgan fingerprint density at radius 2 is 2.10 bits per heavy atom. The standard InChI is InChI=1S/C15H24N2O3S/c1-2-3-12-17(11(9-21-12)14(19)20)13(18)10-8-15(10)4-6-16-7-5-15/h10-12,16H,2-9H2,1H3,(H,19,20). The summed E-state index contributed by atoms with van der Waals surface area (Å²) >= 11 is 1.63. The van der Waals surface area contributed by atoms with Gasteiger partial charge in [-0.1, -0.05) is 13.3 Å². The molecule has 0 radical (unpaired) electrons. The number of rotatable bonds is 4. The van der Waals surface area contributed by atoms with E-state index in [-0.39, 0.29) is 22.6 Å². The quantitative estimate of drug-likeness (QED) is 0.824. The maximum atomic E-state index is 12.9. The lowest BCUT2D eigenvalue weighted by atomic mass is 9.91. The molecule has 3 rings (SSSR count). The van der Waals surface area contributed by atoms with Crippen LogP contribution in [0, 0.1) is 11.3 Å². The Labute approximate surface area is 129 Å². The molecule has 21 heavy (non-hydrogen) atoms. The van der Waals surface area contributed by atoms with Crippen molar-refractivity contribution in [3.63, 3.8) is 0 Å². The molecule has 0 aromatic rings. The molecule has 2 aliphatic heterocycles. The van der Waals surface area contributed by atoms with Crippen molar-refractivity contribution in [2.45, 2.75) is 50.4 Å². The van der Waals surface area contributed by atoms with E-state index >= 15 is 0 Å². The maximum Gasteiger partial charge on any atom is 0.327 e. The third-order valence-corrected chi connectivity index (χ3v) is 6.61. The number of piperidine rings is 1. The van der Waals surface area contributed by atoms with Gasteiger partial charge in [0.25, 0.3) is 0 Å². The summed E-state index contributed by atoms with van der Waals surface area (Å²) < 4.78 is 0. The minimum absolute atomic E-state index is 0.0583. The van der Waals surface area contributed by atoms with Crippen molar-refractivity contribution >= 4 is 23.6 Å². The molecule has 0 aromatic heterocycles. The minimum atomic E-state index is -0.852. The van der Waals surface area contributed by atoms with Gasteiger partial charge in [-0.05, 0) is 44.2 Å². The van der Waals surface area contributed by atoms with Gasteiger partial charge in [-0.25, -0.2) is 4.79 Å². The lowest BCUT2D eigenvalue weighted by Gasteiger charge is -2.30.